The molecule has 9 nitrogen and oxygen atoms in total. The number of amides is 2. The quantitative estimate of drug-likeness (QED) is 0.737. The van der Waals surface area contributed by atoms with Crippen LogP contribution in [0.1, 0.15) is 29.5 Å². The summed E-state index contributed by atoms with van der Waals surface area (Å²) >= 11 is 0. The molecular formula is C19H18N6O3. The molecule has 1 aromatic carbocycles. The lowest BCUT2D eigenvalue weighted by Crippen LogP contribution is -2.49. The lowest BCUT2D eigenvalue weighted by atomic mass is 10.2. The first-order valence-electron chi connectivity index (χ1n) is 9.12. The van der Waals surface area contributed by atoms with Crippen molar-refractivity contribution in [3.63, 3.8) is 0 Å². The SMILES string of the molecule is CN1C(=O)[C@@H](NC(=O)c2ncc3cnn(C4CC4)c3n2)COc2ccccc21. The first kappa shape index (κ1) is 16.7. The van der Waals surface area contributed by atoms with Gasteiger partial charge in [-0.2, -0.15) is 5.10 Å². The summed E-state index contributed by atoms with van der Waals surface area (Å²) in [5.41, 5.74) is 1.30. The number of nitrogens with zero attached hydrogens (tertiary/aromatic N) is 5. The van der Waals surface area contributed by atoms with E-state index in [-0.39, 0.29) is 18.3 Å². The number of anilines is 1. The first-order valence-corrected chi connectivity index (χ1v) is 9.12. The Balaban J connectivity index is 1.39. The number of para-hydroxylation sites is 2. The summed E-state index contributed by atoms with van der Waals surface area (Å²) in [6.07, 6.45) is 5.40. The Hall–Kier alpha value is -3.49. The highest BCUT2D eigenvalue weighted by atomic mass is 16.5. The minimum atomic E-state index is -0.836. The van der Waals surface area contributed by atoms with Crippen molar-refractivity contribution in [3.05, 3.63) is 42.5 Å². The lowest BCUT2D eigenvalue weighted by molar-refractivity contribution is -0.120. The topological polar surface area (TPSA) is 102 Å². The molecule has 9 heteroatoms. The van der Waals surface area contributed by atoms with E-state index in [1.54, 1.807) is 31.6 Å². The zero-order valence-corrected chi connectivity index (χ0v) is 15.2. The van der Waals surface area contributed by atoms with Crippen molar-refractivity contribution in [3.8, 4) is 5.75 Å². The van der Waals surface area contributed by atoms with Gasteiger partial charge in [0.2, 0.25) is 5.82 Å². The molecule has 1 atom stereocenters. The Morgan fingerprint density at radius 3 is 2.89 bits per heavy atom. The van der Waals surface area contributed by atoms with Gasteiger partial charge < -0.3 is 15.0 Å². The number of likely N-dealkylation sites (N-methyl/N-ethyl adjacent to an activating group) is 1. The largest absolute Gasteiger partial charge is 0.489 e. The Bertz CT molecular complexity index is 1090. The van der Waals surface area contributed by atoms with E-state index in [0.717, 1.165) is 18.2 Å². The van der Waals surface area contributed by atoms with Gasteiger partial charge in [-0.1, -0.05) is 12.1 Å². The van der Waals surface area contributed by atoms with E-state index in [2.05, 4.69) is 20.4 Å². The van der Waals surface area contributed by atoms with E-state index in [1.807, 2.05) is 16.8 Å². The molecule has 0 spiro atoms. The van der Waals surface area contributed by atoms with Crippen LogP contribution in [0.4, 0.5) is 5.69 Å². The molecule has 1 aliphatic carbocycles. The molecule has 1 saturated carbocycles. The standard InChI is InChI=1S/C19H18N6O3/c1-24-14-4-2-3-5-15(14)28-10-13(19(24)27)22-18(26)16-20-8-11-9-21-25(12-6-7-12)17(11)23-16/h2-5,8-9,12-13H,6-7,10H2,1H3,(H,22,26)/t13-/m0/s1. The maximum Gasteiger partial charge on any atom is 0.289 e. The number of carbonyl (C=O) groups is 2. The fraction of sp³-hybridized carbons (Fsp3) is 0.316. The van der Waals surface area contributed by atoms with Gasteiger partial charge in [0.25, 0.3) is 11.8 Å². The van der Waals surface area contributed by atoms with Crippen LogP contribution >= 0.6 is 0 Å². The first-order chi connectivity index (χ1) is 13.6. The summed E-state index contributed by atoms with van der Waals surface area (Å²) in [7, 11) is 1.66. The zero-order chi connectivity index (χ0) is 19.3. The van der Waals surface area contributed by atoms with E-state index in [1.165, 1.54) is 4.90 Å². The van der Waals surface area contributed by atoms with Crippen LogP contribution in [0.15, 0.2) is 36.7 Å². The molecule has 5 rings (SSSR count). The van der Waals surface area contributed by atoms with Crippen LogP contribution in [0.25, 0.3) is 11.0 Å². The van der Waals surface area contributed by atoms with Crippen LogP contribution in [-0.4, -0.2) is 51.3 Å². The van der Waals surface area contributed by atoms with Gasteiger partial charge in [-0.05, 0) is 25.0 Å². The van der Waals surface area contributed by atoms with Crippen LogP contribution in [0.3, 0.4) is 0 Å². The van der Waals surface area contributed by atoms with Crippen molar-refractivity contribution >= 4 is 28.5 Å². The molecule has 0 radical (unpaired) electrons. The van der Waals surface area contributed by atoms with E-state index in [4.69, 9.17) is 4.74 Å². The average Bonchev–Trinajstić information content (AvgIpc) is 3.49. The second kappa shape index (κ2) is 6.29. The number of rotatable bonds is 3. The maximum absolute atomic E-state index is 12.8. The van der Waals surface area contributed by atoms with Crippen LogP contribution in [0.2, 0.25) is 0 Å². The number of fused-ring (bicyclic) bond motifs is 2. The highest BCUT2D eigenvalue weighted by Gasteiger charge is 2.32. The summed E-state index contributed by atoms with van der Waals surface area (Å²) in [6.45, 7) is 0.0359. The van der Waals surface area contributed by atoms with Crippen LogP contribution in [0.5, 0.6) is 5.75 Å². The third-order valence-corrected chi connectivity index (χ3v) is 5.00. The summed E-state index contributed by atoms with van der Waals surface area (Å²) in [6, 6.07) is 6.76. The molecule has 142 valence electrons. The van der Waals surface area contributed by atoms with Gasteiger partial charge >= 0.3 is 0 Å². The molecule has 1 aliphatic heterocycles. The van der Waals surface area contributed by atoms with Gasteiger partial charge in [-0.3, -0.25) is 9.59 Å². The van der Waals surface area contributed by atoms with Gasteiger partial charge in [-0.25, -0.2) is 14.6 Å². The molecule has 0 saturated heterocycles. The van der Waals surface area contributed by atoms with E-state index in [0.29, 0.717) is 23.1 Å². The minimum absolute atomic E-state index is 0.00659. The van der Waals surface area contributed by atoms with Crippen molar-refractivity contribution < 1.29 is 14.3 Å². The predicted octanol–water partition coefficient (Wildman–Crippen LogP) is 1.31. The fourth-order valence-corrected chi connectivity index (χ4v) is 3.31. The van der Waals surface area contributed by atoms with Gasteiger partial charge in [0, 0.05) is 13.2 Å². The third-order valence-electron chi connectivity index (χ3n) is 5.00. The number of nitrogens with one attached hydrogen (secondary N) is 1. The molecule has 0 bridgehead atoms. The van der Waals surface area contributed by atoms with E-state index in [9.17, 15) is 9.59 Å². The number of hydrogen-bond donors (Lipinski definition) is 1. The van der Waals surface area contributed by atoms with Crippen molar-refractivity contribution in [2.45, 2.75) is 24.9 Å². The van der Waals surface area contributed by atoms with Gasteiger partial charge in [0.1, 0.15) is 18.4 Å². The van der Waals surface area contributed by atoms with Gasteiger partial charge in [-0.15, -0.1) is 0 Å². The van der Waals surface area contributed by atoms with Gasteiger partial charge in [0.05, 0.1) is 23.3 Å². The maximum atomic E-state index is 12.8. The second-order valence-electron chi connectivity index (χ2n) is 6.99. The molecule has 28 heavy (non-hydrogen) atoms. The fourth-order valence-electron chi connectivity index (χ4n) is 3.31. The highest BCUT2D eigenvalue weighted by Crippen LogP contribution is 2.36. The molecule has 2 aliphatic rings. The minimum Gasteiger partial charge on any atom is -0.489 e. The molecule has 2 aromatic heterocycles. The third kappa shape index (κ3) is 2.75. The Kier molecular flexibility index (Phi) is 3.75. The van der Waals surface area contributed by atoms with Crippen LogP contribution < -0.4 is 15.0 Å². The molecule has 0 unspecified atom stereocenters. The highest BCUT2D eigenvalue weighted by molar-refractivity contribution is 6.02. The average molecular weight is 378 g/mol. The monoisotopic (exact) mass is 378 g/mol. The van der Waals surface area contributed by atoms with E-state index < -0.39 is 11.9 Å². The van der Waals surface area contributed by atoms with Crippen molar-refractivity contribution in [1.29, 1.82) is 0 Å². The molecule has 3 heterocycles. The van der Waals surface area contributed by atoms with E-state index >= 15 is 0 Å². The lowest BCUT2D eigenvalue weighted by Gasteiger charge is -2.20. The Morgan fingerprint density at radius 2 is 2.07 bits per heavy atom. The van der Waals surface area contributed by atoms with Gasteiger partial charge in [0.15, 0.2) is 5.65 Å². The molecule has 3 aromatic rings. The summed E-state index contributed by atoms with van der Waals surface area (Å²) in [5.74, 6) is -0.178. The number of carbonyl (C=O) groups excluding carboxylic acids is 2. The van der Waals surface area contributed by atoms with Crippen LogP contribution in [-0.2, 0) is 4.79 Å². The summed E-state index contributed by atoms with van der Waals surface area (Å²) in [5, 5.41) is 7.82. The normalized spacial score (nSPS) is 19.1. The molecular weight excluding hydrogens is 360 g/mol. The summed E-state index contributed by atoms with van der Waals surface area (Å²) < 4.78 is 7.55. The number of ether oxygens (including phenoxy) is 1. The van der Waals surface area contributed by atoms with Crippen molar-refractivity contribution in [2.24, 2.45) is 0 Å². The zero-order valence-electron chi connectivity index (χ0n) is 15.2. The molecule has 1 fully saturated rings. The smallest absolute Gasteiger partial charge is 0.289 e. The molecule has 2 amide bonds. The number of aromatic nitrogens is 4. The van der Waals surface area contributed by atoms with Crippen LogP contribution in [0, 0.1) is 0 Å². The second-order valence-corrected chi connectivity index (χ2v) is 6.99. The van der Waals surface area contributed by atoms with Crippen molar-refractivity contribution in [1.82, 2.24) is 25.1 Å². The number of hydrogen-bond acceptors (Lipinski definition) is 6. The molecule has 1 N–H and O–H groups in total. The predicted molar refractivity (Wildman–Crippen MR) is 100 cm³/mol. The Morgan fingerprint density at radius 1 is 1.25 bits per heavy atom. The van der Waals surface area contributed by atoms with Crippen molar-refractivity contribution in [2.75, 3.05) is 18.6 Å². The summed E-state index contributed by atoms with van der Waals surface area (Å²) in [4.78, 5) is 35.5. The Labute approximate surface area is 160 Å². The number of benzene rings is 1.